The van der Waals surface area contributed by atoms with E-state index in [1.54, 1.807) is 24.3 Å². The highest BCUT2D eigenvalue weighted by Crippen LogP contribution is 2.51. The van der Waals surface area contributed by atoms with Crippen molar-refractivity contribution in [1.29, 1.82) is 0 Å². The lowest BCUT2D eigenvalue weighted by molar-refractivity contribution is 0.0647. The fourth-order valence-electron chi connectivity index (χ4n) is 3.32. The maximum absolute atomic E-state index is 14.3. The third-order valence-corrected chi connectivity index (χ3v) is 4.70. The van der Waals surface area contributed by atoms with Crippen LogP contribution < -0.4 is 10.9 Å². The Morgan fingerprint density at radius 1 is 1.26 bits per heavy atom. The topological polar surface area (TPSA) is 44.9 Å². The van der Waals surface area contributed by atoms with E-state index in [1.165, 1.54) is 6.20 Å². The molecule has 3 nitrogen and oxygen atoms in total. The van der Waals surface area contributed by atoms with Crippen molar-refractivity contribution in [2.45, 2.75) is 38.0 Å². The van der Waals surface area contributed by atoms with Gasteiger partial charge < -0.3 is 10.3 Å². The second kappa shape index (κ2) is 5.96. The van der Waals surface area contributed by atoms with Gasteiger partial charge in [0.1, 0.15) is 5.69 Å². The lowest BCUT2D eigenvalue weighted by Gasteiger charge is -2.40. The molecule has 0 amide bonds. The normalized spacial score (nSPS) is 19.2. The highest BCUT2D eigenvalue weighted by molar-refractivity contribution is 6.30. The van der Waals surface area contributed by atoms with Crippen LogP contribution in [-0.4, -0.2) is 11.4 Å². The van der Waals surface area contributed by atoms with Gasteiger partial charge in [-0.2, -0.15) is 0 Å². The molecule has 23 heavy (non-hydrogen) atoms. The number of pyridine rings is 1. The Kier molecular flexibility index (Phi) is 4.15. The first-order chi connectivity index (χ1) is 11.0. The van der Waals surface area contributed by atoms with Gasteiger partial charge in [0.15, 0.2) is 0 Å². The highest BCUT2D eigenvalue weighted by Gasteiger charge is 2.48. The molecular formula is C17H17ClF2N2O. The fourth-order valence-corrected chi connectivity index (χ4v) is 3.49. The number of H-pyrrole nitrogens is 1. The molecule has 2 heterocycles. The summed E-state index contributed by atoms with van der Waals surface area (Å²) >= 11 is 6.06. The molecule has 2 N–H and O–H groups in total. The average molecular weight is 339 g/mol. The second-order valence-corrected chi connectivity index (χ2v) is 6.22. The number of alkyl halides is 2. The first-order valence-electron chi connectivity index (χ1n) is 7.58. The SMILES string of the molecule is CCCCC1(C(F)F)c2cc(Cl)ccc2Nc2c1cc[nH]c2=O. The molecule has 1 aliphatic heterocycles. The second-order valence-electron chi connectivity index (χ2n) is 5.79. The standard InChI is InChI=1S/C17H17ClF2N2O/c1-2-3-7-17(16(19)20)11-6-8-21-15(23)14(11)22-13-5-4-10(18)9-12(13)17/h4-6,8-9,16,22H,2-3,7H2,1H3,(H,21,23). The van der Waals surface area contributed by atoms with Crippen LogP contribution in [0.1, 0.15) is 37.3 Å². The fraction of sp³-hybridized carbons (Fsp3) is 0.353. The molecule has 1 unspecified atom stereocenters. The van der Waals surface area contributed by atoms with Crippen LogP contribution in [0.5, 0.6) is 0 Å². The van der Waals surface area contributed by atoms with E-state index in [1.807, 2.05) is 6.92 Å². The number of fused-ring (bicyclic) bond motifs is 2. The van der Waals surface area contributed by atoms with Gasteiger partial charge in [0.05, 0.1) is 5.41 Å². The van der Waals surface area contributed by atoms with Gasteiger partial charge in [0.2, 0.25) is 0 Å². The van der Waals surface area contributed by atoms with Crippen molar-refractivity contribution in [3.63, 3.8) is 0 Å². The summed E-state index contributed by atoms with van der Waals surface area (Å²) in [6.07, 6.45) is 0.446. The van der Waals surface area contributed by atoms with Gasteiger partial charge in [-0.3, -0.25) is 4.79 Å². The Balaban J connectivity index is 2.34. The number of rotatable bonds is 4. The zero-order valence-electron chi connectivity index (χ0n) is 12.6. The summed E-state index contributed by atoms with van der Waals surface area (Å²) in [5.41, 5.74) is -0.435. The van der Waals surface area contributed by atoms with Crippen LogP contribution >= 0.6 is 11.6 Å². The number of hydrogen-bond donors (Lipinski definition) is 2. The minimum atomic E-state index is -2.64. The number of unbranched alkanes of at least 4 members (excludes halogenated alkanes) is 1. The summed E-state index contributed by atoms with van der Waals surface area (Å²) in [4.78, 5) is 14.7. The van der Waals surface area contributed by atoms with Crippen molar-refractivity contribution >= 4 is 23.0 Å². The Hall–Kier alpha value is -1.88. The van der Waals surface area contributed by atoms with Gasteiger partial charge in [-0.1, -0.05) is 31.4 Å². The van der Waals surface area contributed by atoms with Crippen LogP contribution in [0.2, 0.25) is 5.02 Å². The van der Waals surface area contributed by atoms with E-state index in [-0.39, 0.29) is 12.1 Å². The quantitative estimate of drug-likeness (QED) is 0.839. The maximum Gasteiger partial charge on any atom is 0.271 e. The van der Waals surface area contributed by atoms with Crippen molar-refractivity contribution in [3.8, 4) is 0 Å². The lowest BCUT2D eigenvalue weighted by Crippen LogP contribution is -2.41. The minimum Gasteiger partial charge on any atom is -0.351 e. The number of aromatic nitrogens is 1. The van der Waals surface area contributed by atoms with E-state index < -0.39 is 17.4 Å². The highest BCUT2D eigenvalue weighted by atomic mass is 35.5. The van der Waals surface area contributed by atoms with Gasteiger partial charge >= 0.3 is 0 Å². The van der Waals surface area contributed by atoms with E-state index in [2.05, 4.69) is 10.3 Å². The first kappa shape index (κ1) is 16.0. The van der Waals surface area contributed by atoms with Crippen LogP contribution in [0.25, 0.3) is 0 Å². The van der Waals surface area contributed by atoms with Crippen LogP contribution in [0.4, 0.5) is 20.2 Å². The van der Waals surface area contributed by atoms with Crippen molar-refractivity contribution in [1.82, 2.24) is 4.98 Å². The molecule has 0 radical (unpaired) electrons. The average Bonchev–Trinajstić information content (AvgIpc) is 2.52. The van der Waals surface area contributed by atoms with Crippen molar-refractivity contribution in [3.05, 3.63) is 57.0 Å². The molecule has 1 aromatic heterocycles. The molecule has 1 aromatic carbocycles. The Morgan fingerprint density at radius 3 is 2.74 bits per heavy atom. The molecule has 3 rings (SSSR count). The van der Waals surface area contributed by atoms with Crippen molar-refractivity contribution in [2.75, 3.05) is 5.32 Å². The molecule has 0 aliphatic carbocycles. The maximum atomic E-state index is 14.3. The largest absolute Gasteiger partial charge is 0.351 e. The molecule has 122 valence electrons. The summed E-state index contributed by atoms with van der Waals surface area (Å²) in [7, 11) is 0. The summed E-state index contributed by atoms with van der Waals surface area (Å²) < 4.78 is 28.7. The summed E-state index contributed by atoms with van der Waals surface area (Å²) in [6, 6.07) is 6.42. The first-order valence-corrected chi connectivity index (χ1v) is 7.96. The number of benzene rings is 1. The van der Waals surface area contributed by atoms with E-state index >= 15 is 0 Å². The number of anilines is 2. The number of nitrogens with one attached hydrogen (secondary N) is 2. The predicted molar refractivity (Wildman–Crippen MR) is 88.1 cm³/mol. The van der Waals surface area contributed by atoms with Gasteiger partial charge in [-0.05, 0) is 41.8 Å². The predicted octanol–water partition coefficient (Wildman–Crippen LogP) is 4.83. The van der Waals surface area contributed by atoms with E-state index in [0.29, 0.717) is 28.3 Å². The third kappa shape index (κ3) is 2.43. The zero-order chi connectivity index (χ0) is 16.6. The summed E-state index contributed by atoms with van der Waals surface area (Å²) in [5.74, 6) is 0. The molecule has 0 spiro atoms. The Bertz CT molecular complexity index is 790. The van der Waals surface area contributed by atoms with E-state index in [0.717, 1.165) is 6.42 Å². The Labute approximate surface area is 137 Å². The molecule has 0 saturated heterocycles. The number of aromatic amines is 1. The van der Waals surface area contributed by atoms with E-state index in [4.69, 9.17) is 11.6 Å². The molecule has 0 fully saturated rings. The summed E-state index contributed by atoms with van der Waals surface area (Å²) in [6.45, 7) is 1.96. The molecule has 0 saturated carbocycles. The van der Waals surface area contributed by atoms with Crippen LogP contribution in [0.3, 0.4) is 0 Å². The van der Waals surface area contributed by atoms with Crippen LogP contribution in [0, 0.1) is 0 Å². The van der Waals surface area contributed by atoms with Gasteiger partial charge in [-0.15, -0.1) is 0 Å². The van der Waals surface area contributed by atoms with Crippen molar-refractivity contribution < 1.29 is 8.78 Å². The lowest BCUT2D eigenvalue weighted by atomic mass is 9.68. The van der Waals surface area contributed by atoms with Crippen LogP contribution in [0.15, 0.2) is 35.3 Å². The van der Waals surface area contributed by atoms with Gasteiger partial charge in [0.25, 0.3) is 12.0 Å². The van der Waals surface area contributed by atoms with Gasteiger partial charge in [-0.25, -0.2) is 8.78 Å². The molecular weight excluding hydrogens is 322 g/mol. The smallest absolute Gasteiger partial charge is 0.271 e. The third-order valence-electron chi connectivity index (χ3n) is 4.46. The van der Waals surface area contributed by atoms with Crippen molar-refractivity contribution in [2.24, 2.45) is 0 Å². The van der Waals surface area contributed by atoms with Gasteiger partial charge in [0, 0.05) is 16.9 Å². The zero-order valence-corrected chi connectivity index (χ0v) is 13.4. The number of halogens is 3. The molecule has 1 aliphatic rings. The summed E-state index contributed by atoms with van der Waals surface area (Å²) in [5, 5.41) is 3.39. The molecule has 6 heteroatoms. The molecule has 1 atom stereocenters. The molecule has 2 aromatic rings. The molecule has 0 bridgehead atoms. The monoisotopic (exact) mass is 338 g/mol. The Morgan fingerprint density at radius 2 is 2.04 bits per heavy atom. The minimum absolute atomic E-state index is 0.193. The number of hydrogen-bond acceptors (Lipinski definition) is 2. The van der Waals surface area contributed by atoms with Crippen LogP contribution in [-0.2, 0) is 5.41 Å². The van der Waals surface area contributed by atoms with E-state index in [9.17, 15) is 13.6 Å².